The number of nitrogens with one attached hydrogen (secondary N) is 3. The molecule has 2 heterocycles. The van der Waals surface area contributed by atoms with Gasteiger partial charge in [-0.05, 0) is 81.3 Å². The first-order valence-corrected chi connectivity index (χ1v) is 28.6. The van der Waals surface area contributed by atoms with Gasteiger partial charge in [-0.2, -0.15) is 0 Å². The van der Waals surface area contributed by atoms with E-state index in [0.29, 0.717) is 37.1 Å². The van der Waals surface area contributed by atoms with Crippen molar-refractivity contribution in [1.29, 1.82) is 0 Å². The maximum absolute atomic E-state index is 15.2. The summed E-state index contributed by atoms with van der Waals surface area (Å²) in [4.78, 5) is 155. The number of rotatable bonds is 12. The summed E-state index contributed by atoms with van der Waals surface area (Å²) in [7, 11) is 8.43. The van der Waals surface area contributed by atoms with Gasteiger partial charge in [0, 0.05) is 68.2 Å². The molecule has 0 radical (unpaired) electrons. The lowest BCUT2D eigenvalue weighted by atomic mass is 9.97. The molecule has 2 aromatic rings. The van der Waals surface area contributed by atoms with E-state index in [1.807, 2.05) is 47.6 Å². The van der Waals surface area contributed by atoms with E-state index in [0.717, 1.165) is 16.2 Å². The van der Waals surface area contributed by atoms with Crippen LogP contribution in [0.5, 0.6) is 0 Å². The molecule has 4 rings (SSSR count). The molecule has 10 amide bonds. The monoisotopic (exact) mass is 1130 g/mol. The topological polar surface area (TPSA) is 250 Å². The highest BCUT2D eigenvalue weighted by atomic mass is 16.3. The molecular weight excluding hydrogens is 1040 g/mol. The summed E-state index contributed by atoms with van der Waals surface area (Å²) in [6, 6.07) is 7.50. The maximum Gasteiger partial charge on any atom is 0.248 e. The number of likely N-dealkylation sites (N-methyl/N-ethyl adjacent to an activating group) is 6. The minimum atomic E-state index is -1.62. The number of piperidine rings is 1. The minimum absolute atomic E-state index is 0.00246. The number of hydrogen-bond donors (Lipinski definition) is 4. The highest BCUT2D eigenvalue weighted by molar-refractivity contribution is 5.99. The van der Waals surface area contributed by atoms with Crippen molar-refractivity contribution in [3.63, 3.8) is 0 Å². The fourth-order valence-corrected chi connectivity index (χ4v) is 10.4. The van der Waals surface area contributed by atoms with Crippen molar-refractivity contribution < 1.29 is 53.1 Å². The van der Waals surface area contributed by atoms with Crippen LogP contribution in [0.25, 0.3) is 0 Å². The average molecular weight is 1130 g/mol. The summed E-state index contributed by atoms with van der Waals surface area (Å²) in [5, 5.41) is 19.6. The number of aliphatic hydroxyl groups is 1. The molecular formula is C60H92N10O11. The van der Waals surface area contributed by atoms with E-state index in [2.05, 4.69) is 16.0 Å². The fraction of sp³-hybridized carbons (Fsp3) is 0.633. The van der Waals surface area contributed by atoms with E-state index in [4.69, 9.17) is 0 Å². The molecule has 0 bridgehead atoms. The first kappa shape index (κ1) is 66.6. The Morgan fingerprint density at radius 3 is 1.47 bits per heavy atom. The summed E-state index contributed by atoms with van der Waals surface area (Å²) < 4.78 is 0. The Labute approximate surface area is 479 Å². The van der Waals surface area contributed by atoms with Crippen LogP contribution in [0.3, 0.4) is 0 Å². The highest BCUT2D eigenvalue weighted by Gasteiger charge is 2.43. The first-order valence-electron chi connectivity index (χ1n) is 28.6. The van der Waals surface area contributed by atoms with Gasteiger partial charge in [0.2, 0.25) is 59.1 Å². The van der Waals surface area contributed by atoms with Crippen molar-refractivity contribution in [2.75, 3.05) is 61.9 Å². The minimum Gasteiger partial charge on any atom is -0.391 e. The predicted octanol–water partition coefficient (Wildman–Crippen LogP) is 2.47. The highest BCUT2D eigenvalue weighted by Crippen LogP contribution is 2.22. The van der Waals surface area contributed by atoms with Gasteiger partial charge in [0.1, 0.15) is 48.3 Å². The number of hydrogen-bond acceptors (Lipinski definition) is 11. The molecule has 0 aliphatic carbocycles. The zero-order valence-corrected chi connectivity index (χ0v) is 50.3. The van der Waals surface area contributed by atoms with E-state index in [9.17, 15) is 43.5 Å². The number of amides is 10. The van der Waals surface area contributed by atoms with Crippen molar-refractivity contribution in [3.05, 3.63) is 71.8 Å². The van der Waals surface area contributed by atoms with Crippen LogP contribution >= 0.6 is 0 Å². The molecule has 4 N–H and O–H groups in total. The van der Waals surface area contributed by atoms with Crippen LogP contribution < -0.4 is 16.0 Å². The predicted molar refractivity (Wildman–Crippen MR) is 307 cm³/mol. The zero-order chi connectivity index (χ0) is 60.6. The second kappa shape index (κ2) is 30.8. The molecule has 21 nitrogen and oxygen atoms in total. The molecule has 448 valence electrons. The molecule has 2 unspecified atom stereocenters. The maximum atomic E-state index is 15.2. The van der Waals surface area contributed by atoms with Gasteiger partial charge in [0.25, 0.3) is 0 Å². The van der Waals surface area contributed by atoms with Crippen LogP contribution in [0.15, 0.2) is 60.7 Å². The molecule has 0 spiro atoms. The number of aliphatic hydroxyl groups excluding tert-OH is 1. The smallest absolute Gasteiger partial charge is 0.248 e. The summed E-state index contributed by atoms with van der Waals surface area (Å²) in [6.07, 6.45) is 0.586. The van der Waals surface area contributed by atoms with Crippen molar-refractivity contribution in [1.82, 2.24) is 50.2 Å². The van der Waals surface area contributed by atoms with Gasteiger partial charge in [-0.15, -0.1) is 0 Å². The summed E-state index contributed by atoms with van der Waals surface area (Å²) >= 11 is 0. The fourth-order valence-electron chi connectivity index (χ4n) is 10.4. The van der Waals surface area contributed by atoms with Gasteiger partial charge in [0.05, 0.1) is 19.1 Å². The van der Waals surface area contributed by atoms with Crippen LogP contribution in [-0.2, 0) is 60.8 Å². The Morgan fingerprint density at radius 1 is 0.519 bits per heavy atom. The number of benzene rings is 2. The molecule has 81 heavy (non-hydrogen) atoms. The third-order valence-electron chi connectivity index (χ3n) is 15.5. The molecule has 0 saturated carbocycles. The lowest BCUT2D eigenvalue weighted by Gasteiger charge is -2.38. The Balaban J connectivity index is 1.91. The molecule has 2 saturated heterocycles. The normalized spacial score (nSPS) is 25.3. The number of likely N-dealkylation sites (tertiary alicyclic amines) is 1. The first-order chi connectivity index (χ1) is 38.0. The van der Waals surface area contributed by atoms with Gasteiger partial charge >= 0.3 is 0 Å². The third-order valence-corrected chi connectivity index (χ3v) is 15.5. The molecule has 2 aliphatic rings. The van der Waals surface area contributed by atoms with Crippen LogP contribution in [0.1, 0.15) is 111 Å². The number of carbonyl (C=O) groups is 10. The van der Waals surface area contributed by atoms with E-state index in [1.165, 1.54) is 75.7 Å². The molecule has 21 heteroatoms. The van der Waals surface area contributed by atoms with Crippen molar-refractivity contribution in [2.45, 2.75) is 168 Å². The number of carbonyl (C=O) groups excluding carboxylic acids is 10. The quantitative estimate of drug-likeness (QED) is 0.240. The van der Waals surface area contributed by atoms with Gasteiger partial charge in [-0.1, -0.05) is 102 Å². The third kappa shape index (κ3) is 18.6. The Morgan fingerprint density at radius 2 is 0.975 bits per heavy atom. The second-order valence-corrected chi connectivity index (χ2v) is 23.5. The van der Waals surface area contributed by atoms with E-state index in [1.54, 1.807) is 59.5 Å². The lowest BCUT2D eigenvalue weighted by Crippen LogP contribution is -2.62. The van der Waals surface area contributed by atoms with E-state index in [-0.39, 0.29) is 49.9 Å². The molecule has 2 fully saturated rings. The lowest BCUT2D eigenvalue weighted by molar-refractivity contribution is -0.152. The van der Waals surface area contributed by atoms with Gasteiger partial charge in [0.15, 0.2) is 0 Å². The van der Waals surface area contributed by atoms with Crippen LogP contribution in [-0.4, -0.2) is 215 Å². The van der Waals surface area contributed by atoms with Crippen molar-refractivity contribution in [2.24, 2.45) is 17.8 Å². The molecule has 2 aromatic carbocycles. The molecule has 2 aliphatic heterocycles. The SMILES string of the molecule is CC(C)C[C@@H]1NC(=O)[C@H](Cc2ccccc2)N(C)C(=O)CN(C)C(=O)CC(C(=O)N2CCCCC2)NC(=O)[C@H](CC(C)C)N(C)C(=O)[C@H](C)N(C)C(=O)[C@H](C(C)O)NC(=O)[C@H](CC(C)C)N(C)C(=O)[C@H](Cc2ccccc2)N(C)C1=O. The second-order valence-electron chi connectivity index (χ2n) is 23.5. The van der Waals surface area contributed by atoms with Crippen LogP contribution in [0, 0.1) is 17.8 Å². The molecule has 0 aromatic heterocycles. The van der Waals surface area contributed by atoms with E-state index < -0.39 is 126 Å². The van der Waals surface area contributed by atoms with Crippen molar-refractivity contribution in [3.8, 4) is 0 Å². The Hall–Kier alpha value is -6.90. The summed E-state index contributed by atoms with van der Waals surface area (Å²) in [6.45, 7) is 14.1. The zero-order valence-electron chi connectivity index (χ0n) is 50.3. The summed E-state index contributed by atoms with van der Waals surface area (Å²) in [5.74, 6) is -7.35. The van der Waals surface area contributed by atoms with Crippen LogP contribution in [0.4, 0.5) is 0 Å². The summed E-state index contributed by atoms with van der Waals surface area (Å²) in [5.41, 5.74) is 1.38. The van der Waals surface area contributed by atoms with E-state index >= 15 is 9.59 Å². The van der Waals surface area contributed by atoms with Crippen molar-refractivity contribution >= 4 is 59.1 Å². The Bertz CT molecular complexity index is 2490. The van der Waals surface area contributed by atoms with Gasteiger partial charge in [-0.25, -0.2) is 0 Å². The van der Waals surface area contributed by atoms with Crippen LogP contribution in [0.2, 0.25) is 0 Å². The van der Waals surface area contributed by atoms with Gasteiger partial charge < -0.3 is 55.4 Å². The Kier molecular flexibility index (Phi) is 25.3. The number of nitrogens with zero attached hydrogens (tertiary/aromatic N) is 7. The van der Waals surface area contributed by atoms with Gasteiger partial charge in [-0.3, -0.25) is 47.9 Å². The standard InChI is InChI=1S/C60H92N10O11/c1-37(2)30-44-57(78)69(14)49(34-43-26-20-16-21-27-43)59(80)68(13)47(32-39(5)6)55(76)63-52(41(8)71)60(81)65(10)40(7)56(77)67(12)46(31-38(3)4)53(74)62-45(58(79)70-28-22-17-23-29-70)35-50(72)64(9)36-51(73)66(11)48(54(75)61-44)33-42-24-18-15-19-25-42/h15-16,18-21,24-27,37-41,44-49,52,71H,17,22-23,28-36H2,1-14H3,(H,61,75)(H,62,74)(H,63,76)/t40-,41?,44-,45?,46-,47-,48-,49-,52-/m0/s1. The average Bonchev–Trinajstić information content (AvgIpc) is 3.45. The molecule has 9 atom stereocenters. The largest absolute Gasteiger partial charge is 0.391 e.